The molecular weight excluding hydrogens is 293 g/mol. The summed E-state index contributed by atoms with van der Waals surface area (Å²) >= 11 is 12.1. The third kappa shape index (κ3) is 3.88. The summed E-state index contributed by atoms with van der Waals surface area (Å²) < 4.78 is 5.97. The zero-order valence-corrected chi connectivity index (χ0v) is 13.5. The number of benzene rings is 1. The van der Waals surface area contributed by atoms with Crippen molar-refractivity contribution < 1.29 is 4.74 Å². The maximum absolute atomic E-state index is 6.45. The van der Waals surface area contributed by atoms with Crippen LogP contribution in [0.4, 0.5) is 0 Å². The van der Waals surface area contributed by atoms with E-state index < -0.39 is 0 Å². The highest BCUT2D eigenvalue weighted by Gasteiger charge is 2.30. The number of nitrogens with two attached hydrogens (primary N) is 1. The van der Waals surface area contributed by atoms with Gasteiger partial charge in [-0.2, -0.15) is 0 Å². The Morgan fingerprint density at radius 1 is 1.20 bits per heavy atom. The molecule has 1 aromatic rings. The lowest BCUT2D eigenvalue weighted by molar-refractivity contribution is -0.00985. The summed E-state index contributed by atoms with van der Waals surface area (Å²) in [6.07, 6.45) is 6.37. The minimum Gasteiger partial charge on any atom is -0.376 e. The van der Waals surface area contributed by atoms with Crippen LogP contribution in [0.15, 0.2) is 18.2 Å². The van der Waals surface area contributed by atoms with E-state index in [1.807, 2.05) is 25.1 Å². The standard InChI is InChI=1S/C16H23Cl2NO/c1-2-20-16(11-6-4-3-5-7-11)15(19)12-8-9-13(17)14(18)10-12/h8-11,15-16H,2-7,19H2,1H3. The fourth-order valence-corrected chi connectivity index (χ4v) is 3.40. The first-order valence-corrected chi connectivity index (χ1v) is 8.21. The van der Waals surface area contributed by atoms with Crippen molar-refractivity contribution in [1.29, 1.82) is 0 Å². The molecule has 1 saturated carbocycles. The monoisotopic (exact) mass is 315 g/mol. The zero-order chi connectivity index (χ0) is 14.5. The highest BCUT2D eigenvalue weighted by Crippen LogP contribution is 2.34. The summed E-state index contributed by atoms with van der Waals surface area (Å²) in [5, 5.41) is 1.12. The average molecular weight is 316 g/mol. The number of rotatable bonds is 5. The lowest BCUT2D eigenvalue weighted by Gasteiger charge is -2.34. The quantitative estimate of drug-likeness (QED) is 0.831. The second kappa shape index (κ2) is 7.65. The van der Waals surface area contributed by atoms with Gasteiger partial charge in [-0.25, -0.2) is 0 Å². The molecule has 1 aliphatic carbocycles. The van der Waals surface area contributed by atoms with Gasteiger partial charge >= 0.3 is 0 Å². The minimum absolute atomic E-state index is 0.0672. The normalized spacial score (nSPS) is 19.8. The van der Waals surface area contributed by atoms with Crippen LogP contribution in [-0.4, -0.2) is 12.7 Å². The molecule has 2 atom stereocenters. The molecule has 1 fully saturated rings. The van der Waals surface area contributed by atoms with Gasteiger partial charge in [0, 0.05) is 6.61 Å². The van der Waals surface area contributed by atoms with Crippen LogP contribution in [0, 0.1) is 5.92 Å². The Labute approximate surface area is 131 Å². The Morgan fingerprint density at radius 3 is 2.50 bits per heavy atom. The Bertz CT molecular complexity index is 432. The van der Waals surface area contributed by atoms with Crippen molar-refractivity contribution in [2.75, 3.05) is 6.61 Å². The number of hydrogen-bond acceptors (Lipinski definition) is 2. The van der Waals surface area contributed by atoms with Crippen LogP contribution in [0.1, 0.15) is 50.6 Å². The Kier molecular flexibility index (Phi) is 6.16. The van der Waals surface area contributed by atoms with Gasteiger partial charge in [-0.3, -0.25) is 0 Å². The molecule has 4 heteroatoms. The second-order valence-electron chi connectivity index (χ2n) is 5.52. The summed E-state index contributed by atoms with van der Waals surface area (Å²) in [4.78, 5) is 0. The van der Waals surface area contributed by atoms with Crippen molar-refractivity contribution in [1.82, 2.24) is 0 Å². The average Bonchev–Trinajstić information content (AvgIpc) is 2.48. The highest BCUT2D eigenvalue weighted by atomic mass is 35.5. The van der Waals surface area contributed by atoms with Crippen LogP contribution in [0.25, 0.3) is 0 Å². The van der Waals surface area contributed by atoms with E-state index in [4.69, 9.17) is 33.7 Å². The molecule has 2 N–H and O–H groups in total. The molecule has 2 unspecified atom stereocenters. The van der Waals surface area contributed by atoms with Gasteiger partial charge in [-0.1, -0.05) is 48.5 Å². The number of ether oxygens (including phenoxy) is 1. The van der Waals surface area contributed by atoms with E-state index in [2.05, 4.69) is 0 Å². The van der Waals surface area contributed by atoms with E-state index in [0.717, 1.165) is 5.56 Å². The summed E-state index contributed by atoms with van der Waals surface area (Å²) in [5.41, 5.74) is 7.45. The molecule has 2 rings (SSSR count). The van der Waals surface area contributed by atoms with Crippen molar-refractivity contribution in [3.8, 4) is 0 Å². The Balaban J connectivity index is 2.16. The predicted octanol–water partition coefficient (Wildman–Crippen LogP) is 4.98. The van der Waals surface area contributed by atoms with Gasteiger partial charge in [-0.15, -0.1) is 0 Å². The van der Waals surface area contributed by atoms with Gasteiger partial charge in [0.25, 0.3) is 0 Å². The van der Waals surface area contributed by atoms with Gasteiger partial charge < -0.3 is 10.5 Å². The smallest absolute Gasteiger partial charge is 0.0795 e. The first-order chi connectivity index (χ1) is 9.63. The molecule has 0 bridgehead atoms. The van der Waals surface area contributed by atoms with Gasteiger partial charge in [0.1, 0.15) is 0 Å². The molecule has 0 aromatic heterocycles. The molecule has 0 amide bonds. The van der Waals surface area contributed by atoms with E-state index in [-0.39, 0.29) is 12.1 Å². The van der Waals surface area contributed by atoms with Crippen LogP contribution in [-0.2, 0) is 4.74 Å². The van der Waals surface area contributed by atoms with Crippen LogP contribution < -0.4 is 5.73 Å². The summed E-state index contributed by atoms with van der Waals surface area (Å²) in [7, 11) is 0. The van der Waals surface area contributed by atoms with Crippen molar-refractivity contribution in [2.24, 2.45) is 11.7 Å². The Hall–Kier alpha value is -0.280. The first kappa shape index (κ1) is 16.1. The lowest BCUT2D eigenvalue weighted by Crippen LogP contribution is -2.36. The molecule has 0 spiro atoms. The van der Waals surface area contributed by atoms with Crippen molar-refractivity contribution >= 4 is 23.2 Å². The van der Waals surface area contributed by atoms with E-state index in [0.29, 0.717) is 22.6 Å². The molecule has 1 aromatic carbocycles. The van der Waals surface area contributed by atoms with Gasteiger partial charge in [0.05, 0.1) is 22.2 Å². The van der Waals surface area contributed by atoms with E-state index in [1.165, 1.54) is 32.1 Å². The second-order valence-corrected chi connectivity index (χ2v) is 6.33. The van der Waals surface area contributed by atoms with Crippen molar-refractivity contribution in [2.45, 2.75) is 51.2 Å². The molecule has 2 nitrogen and oxygen atoms in total. The third-order valence-corrected chi connectivity index (χ3v) is 4.90. The molecule has 112 valence electrons. The SMILES string of the molecule is CCOC(C1CCCCC1)C(N)c1ccc(Cl)c(Cl)c1. The van der Waals surface area contributed by atoms with E-state index in [1.54, 1.807) is 0 Å². The molecule has 0 saturated heterocycles. The Morgan fingerprint density at radius 2 is 1.90 bits per heavy atom. The largest absolute Gasteiger partial charge is 0.376 e. The van der Waals surface area contributed by atoms with Gasteiger partial charge in [0.2, 0.25) is 0 Å². The van der Waals surface area contributed by atoms with E-state index in [9.17, 15) is 0 Å². The summed E-state index contributed by atoms with van der Waals surface area (Å²) in [6, 6.07) is 5.48. The van der Waals surface area contributed by atoms with Gasteiger partial charge in [-0.05, 0) is 43.4 Å². The van der Waals surface area contributed by atoms with Crippen LogP contribution in [0.3, 0.4) is 0 Å². The molecule has 20 heavy (non-hydrogen) atoms. The fraction of sp³-hybridized carbons (Fsp3) is 0.625. The minimum atomic E-state index is -0.146. The number of halogens is 2. The van der Waals surface area contributed by atoms with Crippen LogP contribution >= 0.6 is 23.2 Å². The van der Waals surface area contributed by atoms with E-state index >= 15 is 0 Å². The first-order valence-electron chi connectivity index (χ1n) is 7.45. The van der Waals surface area contributed by atoms with Crippen molar-refractivity contribution in [3.63, 3.8) is 0 Å². The fourth-order valence-electron chi connectivity index (χ4n) is 3.10. The maximum Gasteiger partial charge on any atom is 0.0795 e. The topological polar surface area (TPSA) is 35.2 Å². The molecule has 1 aliphatic rings. The maximum atomic E-state index is 6.45. The molecule has 0 radical (unpaired) electrons. The zero-order valence-electron chi connectivity index (χ0n) is 11.9. The summed E-state index contributed by atoms with van der Waals surface area (Å²) in [6.45, 7) is 2.72. The third-order valence-electron chi connectivity index (χ3n) is 4.16. The van der Waals surface area contributed by atoms with Crippen LogP contribution in [0.5, 0.6) is 0 Å². The van der Waals surface area contributed by atoms with Crippen LogP contribution in [0.2, 0.25) is 10.0 Å². The summed E-state index contributed by atoms with van der Waals surface area (Å²) in [5.74, 6) is 0.549. The predicted molar refractivity (Wildman–Crippen MR) is 85.4 cm³/mol. The number of hydrogen-bond donors (Lipinski definition) is 1. The molecule has 0 aliphatic heterocycles. The van der Waals surface area contributed by atoms with Gasteiger partial charge in [0.15, 0.2) is 0 Å². The van der Waals surface area contributed by atoms with Crippen molar-refractivity contribution in [3.05, 3.63) is 33.8 Å². The lowest BCUT2D eigenvalue weighted by atomic mass is 9.81. The highest BCUT2D eigenvalue weighted by molar-refractivity contribution is 6.42. The molecule has 0 heterocycles. The molecular formula is C16H23Cl2NO.